The van der Waals surface area contributed by atoms with Crippen LogP contribution in [0.1, 0.15) is 39.5 Å². The van der Waals surface area contributed by atoms with Crippen LogP contribution in [0.5, 0.6) is 0 Å². The molecular weight excluding hydrogens is 268 g/mol. The topological polar surface area (TPSA) is 73.5 Å². The molecule has 6 nitrogen and oxygen atoms in total. The van der Waals surface area contributed by atoms with E-state index in [-0.39, 0.29) is 11.9 Å². The minimum Gasteiger partial charge on any atom is -0.338 e. The molecule has 2 aliphatic heterocycles. The first-order valence-electron chi connectivity index (χ1n) is 8.11. The Morgan fingerprint density at radius 2 is 2.10 bits per heavy atom. The molecule has 0 saturated carbocycles. The molecule has 0 aromatic rings. The molecule has 6 heteroatoms. The number of likely N-dealkylation sites (tertiary alicyclic amines) is 1. The summed E-state index contributed by atoms with van der Waals surface area (Å²) in [6.45, 7) is 6.97. The maximum atomic E-state index is 12.0. The van der Waals surface area contributed by atoms with Crippen LogP contribution in [0.15, 0.2) is 0 Å². The lowest BCUT2D eigenvalue weighted by Crippen LogP contribution is -2.49. The zero-order chi connectivity index (χ0) is 15.2. The molecule has 2 heterocycles. The predicted octanol–water partition coefficient (Wildman–Crippen LogP) is 0.685. The van der Waals surface area contributed by atoms with E-state index in [1.54, 1.807) is 0 Å². The first kappa shape index (κ1) is 16.2. The molecule has 2 fully saturated rings. The third-order valence-electron chi connectivity index (χ3n) is 4.25. The smallest absolute Gasteiger partial charge is 0.321 e. The second-order valence-corrected chi connectivity index (χ2v) is 6.53. The van der Waals surface area contributed by atoms with Crippen molar-refractivity contribution in [1.82, 2.24) is 20.9 Å². The van der Waals surface area contributed by atoms with Gasteiger partial charge in [0.15, 0.2) is 0 Å². The number of hydrogen-bond donors (Lipinski definition) is 3. The van der Waals surface area contributed by atoms with Gasteiger partial charge in [0.1, 0.15) is 0 Å². The van der Waals surface area contributed by atoms with Crippen molar-refractivity contribution >= 4 is 11.9 Å². The van der Waals surface area contributed by atoms with E-state index in [4.69, 9.17) is 0 Å². The average molecular weight is 296 g/mol. The van der Waals surface area contributed by atoms with Gasteiger partial charge in [0, 0.05) is 18.6 Å². The molecule has 0 spiro atoms. The highest BCUT2D eigenvalue weighted by molar-refractivity contribution is 5.95. The summed E-state index contributed by atoms with van der Waals surface area (Å²) in [5, 5.41) is 8.65. The highest BCUT2D eigenvalue weighted by atomic mass is 16.2. The Bertz CT molecular complexity index is 367. The van der Waals surface area contributed by atoms with Crippen molar-refractivity contribution < 1.29 is 9.59 Å². The number of nitrogens with zero attached hydrogens (tertiary/aromatic N) is 1. The van der Waals surface area contributed by atoms with E-state index in [1.165, 1.54) is 12.8 Å². The van der Waals surface area contributed by atoms with Crippen LogP contribution in [0.4, 0.5) is 4.79 Å². The van der Waals surface area contributed by atoms with Gasteiger partial charge in [-0.25, -0.2) is 4.79 Å². The van der Waals surface area contributed by atoms with Crippen molar-refractivity contribution in [3.8, 4) is 0 Å². The molecule has 2 unspecified atom stereocenters. The Hall–Kier alpha value is -1.14. The molecular formula is C15H28N4O2. The van der Waals surface area contributed by atoms with Crippen LogP contribution in [0, 0.1) is 5.92 Å². The third kappa shape index (κ3) is 4.97. The summed E-state index contributed by atoms with van der Waals surface area (Å²) in [6, 6.07) is 0.565. The average Bonchev–Trinajstić information content (AvgIpc) is 3.06. The van der Waals surface area contributed by atoms with Gasteiger partial charge in [0.2, 0.25) is 5.91 Å². The zero-order valence-electron chi connectivity index (χ0n) is 13.2. The molecule has 0 aromatic carbocycles. The first-order valence-corrected chi connectivity index (χ1v) is 8.11. The number of amides is 3. The molecule has 3 N–H and O–H groups in total. The lowest BCUT2D eigenvalue weighted by molar-refractivity contribution is -0.121. The standard InChI is InChI=1S/C15H28N4O2/c1-11(2)9-17-15(21)18-14(20)10-19-8-4-6-13(19)12-5-3-7-16-12/h11-13,16H,3-10H2,1-2H3,(H2,17,18,20,21). The second kappa shape index (κ2) is 7.75. The minimum absolute atomic E-state index is 0.207. The van der Waals surface area contributed by atoms with Crippen molar-refractivity contribution in [2.24, 2.45) is 5.92 Å². The molecule has 3 amide bonds. The van der Waals surface area contributed by atoms with Crippen molar-refractivity contribution in [2.75, 3.05) is 26.2 Å². The molecule has 21 heavy (non-hydrogen) atoms. The van der Waals surface area contributed by atoms with Gasteiger partial charge in [-0.1, -0.05) is 13.8 Å². The molecule has 0 bridgehead atoms. The quantitative estimate of drug-likeness (QED) is 0.698. The Balaban J connectivity index is 1.74. The highest BCUT2D eigenvalue weighted by Gasteiger charge is 2.34. The number of imide groups is 1. The van der Waals surface area contributed by atoms with Crippen molar-refractivity contribution in [3.05, 3.63) is 0 Å². The number of carbonyl (C=O) groups excluding carboxylic acids is 2. The molecule has 2 rings (SSSR count). The van der Waals surface area contributed by atoms with E-state index in [9.17, 15) is 9.59 Å². The summed E-state index contributed by atoms with van der Waals surface area (Å²) in [4.78, 5) is 25.8. The van der Waals surface area contributed by atoms with Crippen LogP contribution < -0.4 is 16.0 Å². The predicted molar refractivity (Wildman–Crippen MR) is 82.0 cm³/mol. The monoisotopic (exact) mass is 296 g/mol. The van der Waals surface area contributed by atoms with Crippen molar-refractivity contribution in [2.45, 2.75) is 51.6 Å². The van der Waals surface area contributed by atoms with Crippen LogP contribution in [-0.2, 0) is 4.79 Å². The van der Waals surface area contributed by atoms with Crippen LogP contribution >= 0.6 is 0 Å². The van der Waals surface area contributed by atoms with E-state index < -0.39 is 0 Å². The Kier molecular flexibility index (Phi) is 5.99. The molecule has 120 valence electrons. The summed E-state index contributed by atoms with van der Waals surface area (Å²) in [5.74, 6) is 0.170. The van der Waals surface area contributed by atoms with Crippen molar-refractivity contribution in [1.29, 1.82) is 0 Å². The van der Waals surface area contributed by atoms with Crippen LogP contribution in [0.25, 0.3) is 0 Å². The van der Waals surface area contributed by atoms with Gasteiger partial charge in [-0.2, -0.15) is 0 Å². The van der Waals surface area contributed by atoms with E-state index in [1.807, 2.05) is 13.8 Å². The zero-order valence-corrected chi connectivity index (χ0v) is 13.2. The fourth-order valence-corrected chi connectivity index (χ4v) is 3.24. The number of hydrogen-bond acceptors (Lipinski definition) is 4. The third-order valence-corrected chi connectivity index (χ3v) is 4.25. The van der Waals surface area contributed by atoms with Gasteiger partial charge in [-0.15, -0.1) is 0 Å². The summed E-state index contributed by atoms with van der Waals surface area (Å²) >= 11 is 0. The first-order chi connectivity index (χ1) is 10.1. The Morgan fingerprint density at radius 3 is 2.76 bits per heavy atom. The number of urea groups is 1. The fraction of sp³-hybridized carbons (Fsp3) is 0.867. The van der Waals surface area contributed by atoms with E-state index in [0.29, 0.717) is 31.1 Å². The number of rotatable bonds is 5. The second-order valence-electron chi connectivity index (χ2n) is 6.53. The highest BCUT2D eigenvalue weighted by Crippen LogP contribution is 2.24. The van der Waals surface area contributed by atoms with Gasteiger partial charge < -0.3 is 10.6 Å². The lowest BCUT2D eigenvalue weighted by atomic mass is 10.0. The van der Waals surface area contributed by atoms with Gasteiger partial charge in [0.25, 0.3) is 0 Å². The molecule has 2 atom stereocenters. The van der Waals surface area contributed by atoms with Crippen LogP contribution in [0.3, 0.4) is 0 Å². The molecule has 2 saturated heterocycles. The Labute approximate surface area is 127 Å². The molecule has 0 aliphatic carbocycles. The largest absolute Gasteiger partial charge is 0.338 e. The molecule has 0 aromatic heterocycles. The summed E-state index contributed by atoms with van der Waals surface area (Å²) < 4.78 is 0. The number of carbonyl (C=O) groups is 2. The maximum Gasteiger partial charge on any atom is 0.321 e. The van der Waals surface area contributed by atoms with Gasteiger partial charge in [0.05, 0.1) is 6.54 Å². The van der Waals surface area contributed by atoms with Gasteiger partial charge in [-0.3, -0.25) is 15.0 Å². The SMILES string of the molecule is CC(C)CNC(=O)NC(=O)CN1CCCC1C1CCCN1. The summed E-state index contributed by atoms with van der Waals surface area (Å²) in [6.07, 6.45) is 4.69. The van der Waals surface area contributed by atoms with E-state index >= 15 is 0 Å². The lowest BCUT2D eigenvalue weighted by Gasteiger charge is -2.28. The van der Waals surface area contributed by atoms with E-state index in [2.05, 4.69) is 20.9 Å². The normalized spacial score (nSPS) is 26.2. The van der Waals surface area contributed by atoms with Gasteiger partial charge >= 0.3 is 6.03 Å². The maximum absolute atomic E-state index is 12.0. The Morgan fingerprint density at radius 1 is 1.29 bits per heavy atom. The van der Waals surface area contributed by atoms with Gasteiger partial charge in [-0.05, 0) is 44.7 Å². The number of nitrogens with one attached hydrogen (secondary N) is 3. The fourth-order valence-electron chi connectivity index (χ4n) is 3.24. The summed E-state index contributed by atoms with van der Waals surface area (Å²) in [7, 11) is 0. The van der Waals surface area contributed by atoms with E-state index in [0.717, 1.165) is 25.9 Å². The van der Waals surface area contributed by atoms with Crippen LogP contribution in [-0.4, -0.2) is 55.1 Å². The molecule has 2 aliphatic rings. The summed E-state index contributed by atoms with van der Waals surface area (Å²) in [5.41, 5.74) is 0. The van der Waals surface area contributed by atoms with Crippen LogP contribution in [0.2, 0.25) is 0 Å². The molecule has 0 radical (unpaired) electrons. The minimum atomic E-state index is -0.386. The van der Waals surface area contributed by atoms with Crippen molar-refractivity contribution in [3.63, 3.8) is 0 Å².